The second kappa shape index (κ2) is 5.60. The Morgan fingerprint density at radius 3 is 2.75 bits per heavy atom. The quantitative estimate of drug-likeness (QED) is 0.662. The van der Waals surface area contributed by atoms with Crippen LogP contribution in [0.1, 0.15) is 19.3 Å². The SMILES string of the molecule is CNC1CCN(S(=O)(=O)CCCC(=O)O)C1. The summed E-state index contributed by atoms with van der Waals surface area (Å²) in [7, 11) is -1.46. The fourth-order valence-corrected chi connectivity index (χ4v) is 3.31. The maximum Gasteiger partial charge on any atom is 0.303 e. The highest BCUT2D eigenvalue weighted by Gasteiger charge is 2.30. The van der Waals surface area contributed by atoms with E-state index in [1.54, 1.807) is 0 Å². The molecule has 1 rings (SSSR count). The van der Waals surface area contributed by atoms with Crippen molar-refractivity contribution in [2.75, 3.05) is 25.9 Å². The van der Waals surface area contributed by atoms with Gasteiger partial charge in [0, 0.05) is 25.6 Å². The van der Waals surface area contributed by atoms with Gasteiger partial charge in [0.1, 0.15) is 0 Å². The molecule has 0 aromatic rings. The van der Waals surface area contributed by atoms with Gasteiger partial charge in [-0.05, 0) is 19.9 Å². The summed E-state index contributed by atoms with van der Waals surface area (Å²) in [6, 6.07) is 0.217. The zero-order valence-corrected chi connectivity index (χ0v) is 10.2. The number of carbonyl (C=O) groups is 1. The smallest absolute Gasteiger partial charge is 0.303 e. The molecule has 1 unspecified atom stereocenters. The summed E-state index contributed by atoms with van der Waals surface area (Å²) in [6.07, 6.45) is 0.898. The minimum absolute atomic E-state index is 0.0737. The predicted molar refractivity (Wildman–Crippen MR) is 59.7 cm³/mol. The molecule has 7 heteroatoms. The topological polar surface area (TPSA) is 86.7 Å². The molecule has 1 aliphatic rings. The van der Waals surface area contributed by atoms with E-state index in [0.717, 1.165) is 6.42 Å². The highest BCUT2D eigenvalue weighted by Crippen LogP contribution is 2.14. The molecule has 6 nitrogen and oxygen atoms in total. The Morgan fingerprint density at radius 2 is 2.25 bits per heavy atom. The number of nitrogens with one attached hydrogen (secondary N) is 1. The van der Waals surface area contributed by atoms with Gasteiger partial charge in [0.15, 0.2) is 0 Å². The van der Waals surface area contributed by atoms with Crippen molar-refractivity contribution in [1.29, 1.82) is 0 Å². The molecule has 1 atom stereocenters. The van der Waals surface area contributed by atoms with Crippen LogP contribution in [0.5, 0.6) is 0 Å². The second-order valence-electron chi connectivity index (χ2n) is 3.95. The van der Waals surface area contributed by atoms with Gasteiger partial charge in [0.2, 0.25) is 10.0 Å². The van der Waals surface area contributed by atoms with E-state index >= 15 is 0 Å². The van der Waals surface area contributed by atoms with E-state index in [0.29, 0.717) is 13.1 Å². The van der Waals surface area contributed by atoms with E-state index in [2.05, 4.69) is 5.32 Å². The van der Waals surface area contributed by atoms with E-state index < -0.39 is 16.0 Å². The summed E-state index contributed by atoms with van der Waals surface area (Å²) in [5.74, 6) is -1.03. The molecule has 94 valence electrons. The van der Waals surface area contributed by atoms with Crippen LogP contribution in [0.3, 0.4) is 0 Å². The minimum atomic E-state index is -3.27. The standard InChI is InChI=1S/C9H18N2O4S/c1-10-8-4-5-11(7-8)16(14,15)6-2-3-9(12)13/h8,10H,2-7H2,1H3,(H,12,13). The summed E-state index contributed by atoms with van der Waals surface area (Å²) in [6.45, 7) is 1.02. The molecular weight excluding hydrogens is 232 g/mol. The van der Waals surface area contributed by atoms with Gasteiger partial charge in [-0.3, -0.25) is 4.79 Å². The number of rotatable bonds is 6. The number of aliphatic carboxylic acids is 1. The van der Waals surface area contributed by atoms with E-state index in [-0.39, 0.29) is 24.6 Å². The van der Waals surface area contributed by atoms with E-state index in [1.165, 1.54) is 4.31 Å². The van der Waals surface area contributed by atoms with Crippen molar-refractivity contribution >= 4 is 16.0 Å². The Kier molecular flexibility index (Phi) is 4.69. The van der Waals surface area contributed by atoms with Gasteiger partial charge >= 0.3 is 5.97 Å². The summed E-state index contributed by atoms with van der Waals surface area (Å²) in [5, 5.41) is 11.5. The van der Waals surface area contributed by atoms with E-state index in [4.69, 9.17) is 5.11 Å². The van der Waals surface area contributed by atoms with Crippen LogP contribution in [0, 0.1) is 0 Å². The molecule has 1 fully saturated rings. The van der Waals surface area contributed by atoms with Crippen LogP contribution in [0.4, 0.5) is 0 Å². The molecule has 0 bridgehead atoms. The van der Waals surface area contributed by atoms with Crippen LogP contribution >= 0.6 is 0 Å². The Bertz CT molecular complexity index is 341. The average Bonchev–Trinajstić information content (AvgIpc) is 2.65. The van der Waals surface area contributed by atoms with Crippen LogP contribution in [-0.4, -0.2) is 55.7 Å². The monoisotopic (exact) mass is 250 g/mol. The Hall–Kier alpha value is -0.660. The second-order valence-corrected chi connectivity index (χ2v) is 6.03. The molecule has 0 aliphatic carbocycles. The summed E-state index contributed by atoms with van der Waals surface area (Å²) < 4.78 is 25.0. The summed E-state index contributed by atoms with van der Waals surface area (Å²) in [5.41, 5.74) is 0. The summed E-state index contributed by atoms with van der Waals surface area (Å²) >= 11 is 0. The Balaban J connectivity index is 2.42. The maximum atomic E-state index is 11.8. The van der Waals surface area contributed by atoms with Crippen LogP contribution in [0.2, 0.25) is 0 Å². The molecule has 1 heterocycles. The van der Waals surface area contributed by atoms with Crippen molar-refractivity contribution in [2.24, 2.45) is 0 Å². The third-order valence-corrected chi connectivity index (χ3v) is 4.67. The highest BCUT2D eigenvalue weighted by atomic mass is 32.2. The van der Waals surface area contributed by atoms with Crippen LogP contribution in [0.25, 0.3) is 0 Å². The van der Waals surface area contributed by atoms with Gasteiger partial charge in [0.25, 0.3) is 0 Å². The first-order valence-corrected chi connectivity index (χ1v) is 6.93. The molecule has 0 amide bonds. The molecule has 16 heavy (non-hydrogen) atoms. The fourth-order valence-electron chi connectivity index (χ4n) is 1.75. The number of carboxylic acids is 1. The largest absolute Gasteiger partial charge is 0.481 e. The number of sulfonamides is 1. The molecule has 1 saturated heterocycles. The zero-order valence-electron chi connectivity index (χ0n) is 9.35. The van der Waals surface area contributed by atoms with Crippen LogP contribution in [0.15, 0.2) is 0 Å². The molecule has 0 spiro atoms. The number of nitrogens with zero attached hydrogens (tertiary/aromatic N) is 1. The Labute approximate surface area is 95.7 Å². The highest BCUT2D eigenvalue weighted by molar-refractivity contribution is 7.89. The van der Waals surface area contributed by atoms with Crippen molar-refractivity contribution in [1.82, 2.24) is 9.62 Å². The first-order valence-electron chi connectivity index (χ1n) is 5.32. The van der Waals surface area contributed by atoms with E-state index in [1.807, 2.05) is 7.05 Å². The van der Waals surface area contributed by atoms with Gasteiger partial charge in [-0.15, -0.1) is 0 Å². The zero-order chi connectivity index (χ0) is 12.2. The normalized spacial score (nSPS) is 22.4. The number of carboxylic acid groups (broad SMARTS) is 1. The van der Waals surface area contributed by atoms with E-state index in [9.17, 15) is 13.2 Å². The van der Waals surface area contributed by atoms with Crippen LogP contribution in [-0.2, 0) is 14.8 Å². The molecular formula is C9H18N2O4S. The third-order valence-electron chi connectivity index (χ3n) is 2.75. The lowest BCUT2D eigenvalue weighted by Crippen LogP contribution is -2.34. The van der Waals surface area contributed by atoms with Gasteiger partial charge in [0.05, 0.1) is 5.75 Å². The van der Waals surface area contributed by atoms with Crippen molar-refractivity contribution in [3.05, 3.63) is 0 Å². The Morgan fingerprint density at radius 1 is 1.56 bits per heavy atom. The number of likely N-dealkylation sites (N-methyl/N-ethyl adjacent to an activating group) is 1. The van der Waals surface area contributed by atoms with Gasteiger partial charge in [-0.25, -0.2) is 12.7 Å². The van der Waals surface area contributed by atoms with Gasteiger partial charge in [-0.1, -0.05) is 0 Å². The minimum Gasteiger partial charge on any atom is -0.481 e. The van der Waals surface area contributed by atoms with Crippen molar-refractivity contribution in [2.45, 2.75) is 25.3 Å². The molecule has 0 saturated carbocycles. The van der Waals surface area contributed by atoms with Gasteiger partial charge in [-0.2, -0.15) is 0 Å². The molecule has 2 N–H and O–H groups in total. The first kappa shape index (κ1) is 13.4. The van der Waals surface area contributed by atoms with Crippen molar-refractivity contribution in [3.63, 3.8) is 0 Å². The lowest BCUT2D eigenvalue weighted by Gasteiger charge is -2.15. The average molecular weight is 250 g/mol. The molecule has 1 aliphatic heterocycles. The summed E-state index contributed by atoms with van der Waals surface area (Å²) in [4.78, 5) is 10.3. The maximum absolute atomic E-state index is 11.8. The van der Waals surface area contributed by atoms with Crippen molar-refractivity contribution < 1.29 is 18.3 Å². The first-order chi connectivity index (χ1) is 7.45. The van der Waals surface area contributed by atoms with Crippen molar-refractivity contribution in [3.8, 4) is 0 Å². The van der Waals surface area contributed by atoms with Gasteiger partial charge < -0.3 is 10.4 Å². The lowest BCUT2D eigenvalue weighted by molar-refractivity contribution is -0.137. The number of hydrogen-bond acceptors (Lipinski definition) is 4. The predicted octanol–water partition coefficient (Wildman–Crippen LogP) is -0.525. The lowest BCUT2D eigenvalue weighted by atomic mass is 10.3. The third kappa shape index (κ3) is 3.73. The molecule has 0 aromatic carbocycles. The number of hydrogen-bond donors (Lipinski definition) is 2. The molecule has 0 radical (unpaired) electrons. The fraction of sp³-hybridized carbons (Fsp3) is 0.889. The molecule has 0 aromatic heterocycles. The van der Waals surface area contributed by atoms with Crippen LogP contribution < -0.4 is 5.32 Å².